The van der Waals surface area contributed by atoms with Crippen molar-refractivity contribution in [3.8, 4) is 0 Å². The van der Waals surface area contributed by atoms with Crippen LogP contribution in [-0.2, 0) is 19.4 Å². The zero-order valence-corrected chi connectivity index (χ0v) is 14.7. The predicted octanol–water partition coefficient (Wildman–Crippen LogP) is 4.81. The zero-order chi connectivity index (χ0) is 16.6. The number of carbonyl (C=O) groups is 2. The first-order valence-electron chi connectivity index (χ1n) is 8.84. The lowest BCUT2D eigenvalue weighted by molar-refractivity contribution is -0.270. The van der Waals surface area contributed by atoms with Gasteiger partial charge in [0.2, 0.25) is 0 Å². The molecule has 128 valence electrons. The highest BCUT2D eigenvalue weighted by Crippen LogP contribution is 2.45. The van der Waals surface area contributed by atoms with Crippen LogP contribution in [0.3, 0.4) is 0 Å². The quantitative estimate of drug-likeness (QED) is 0.384. The van der Waals surface area contributed by atoms with Gasteiger partial charge in [-0.05, 0) is 43.9 Å². The van der Waals surface area contributed by atoms with Crippen LogP contribution in [0, 0.1) is 17.3 Å². The van der Waals surface area contributed by atoms with Crippen molar-refractivity contribution in [3.05, 3.63) is 0 Å². The summed E-state index contributed by atoms with van der Waals surface area (Å²) in [7, 11) is 0. The van der Waals surface area contributed by atoms with E-state index in [1.807, 2.05) is 13.8 Å². The largest absolute Gasteiger partial charge is 0.361 e. The second kappa shape index (κ2) is 9.16. The van der Waals surface area contributed by atoms with E-state index in [9.17, 15) is 9.59 Å². The van der Waals surface area contributed by atoms with Gasteiger partial charge in [0.25, 0.3) is 0 Å². The van der Waals surface area contributed by atoms with E-state index >= 15 is 0 Å². The first-order chi connectivity index (χ1) is 10.4. The molecule has 1 saturated carbocycles. The molecule has 1 fully saturated rings. The summed E-state index contributed by atoms with van der Waals surface area (Å²) in [5.41, 5.74) is -0.491. The van der Waals surface area contributed by atoms with Crippen molar-refractivity contribution in [1.29, 1.82) is 0 Å². The molecule has 0 bridgehead atoms. The predicted molar refractivity (Wildman–Crippen MR) is 85.8 cm³/mol. The third-order valence-electron chi connectivity index (χ3n) is 5.12. The molecule has 1 rings (SSSR count). The van der Waals surface area contributed by atoms with Gasteiger partial charge in [0, 0.05) is 0 Å². The fourth-order valence-corrected chi connectivity index (χ4v) is 3.20. The Morgan fingerprint density at radius 3 is 2.27 bits per heavy atom. The van der Waals surface area contributed by atoms with Gasteiger partial charge in [0.1, 0.15) is 0 Å². The van der Waals surface area contributed by atoms with Gasteiger partial charge in [0.15, 0.2) is 0 Å². The molecule has 4 nitrogen and oxygen atoms in total. The molecule has 0 atom stereocenters. The maximum atomic E-state index is 12.4. The Balaban J connectivity index is 2.43. The molecule has 4 heteroatoms. The van der Waals surface area contributed by atoms with Crippen LogP contribution in [0.5, 0.6) is 0 Å². The first-order valence-corrected chi connectivity index (χ1v) is 8.84. The third-order valence-corrected chi connectivity index (χ3v) is 5.12. The van der Waals surface area contributed by atoms with Crippen LogP contribution in [0.4, 0.5) is 0 Å². The Bertz CT molecular complexity index is 354. The summed E-state index contributed by atoms with van der Waals surface area (Å²) in [6.45, 7) is 8.43. The van der Waals surface area contributed by atoms with Crippen molar-refractivity contribution < 1.29 is 19.4 Å². The number of carbonyl (C=O) groups excluding carboxylic acids is 2. The van der Waals surface area contributed by atoms with E-state index in [0.29, 0.717) is 12.3 Å². The lowest BCUT2D eigenvalue weighted by atomic mass is 9.65. The summed E-state index contributed by atoms with van der Waals surface area (Å²) in [5.74, 6) is 0.0420. The second-order valence-corrected chi connectivity index (χ2v) is 7.13. The Hall–Kier alpha value is -1.06. The van der Waals surface area contributed by atoms with Gasteiger partial charge < -0.3 is 0 Å². The Morgan fingerprint density at radius 1 is 1.09 bits per heavy atom. The van der Waals surface area contributed by atoms with Gasteiger partial charge in [-0.15, -0.1) is 0 Å². The van der Waals surface area contributed by atoms with Crippen molar-refractivity contribution in [2.24, 2.45) is 17.3 Å². The molecule has 0 aromatic carbocycles. The molecular weight excluding hydrogens is 280 g/mol. The summed E-state index contributed by atoms with van der Waals surface area (Å²) in [5, 5.41) is 0. The summed E-state index contributed by atoms with van der Waals surface area (Å²) in [6, 6.07) is 0. The molecule has 0 aliphatic heterocycles. The minimum Gasteiger partial charge on any atom is -0.247 e. The van der Waals surface area contributed by atoms with Crippen molar-refractivity contribution >= 4 is 11.9 Å². The monoisotopic (exact) mass is 312 g/mol. The van der Waals surface area contributed by atoms with Crippen LogP contribution in [0.15, 0.2) is 0 Å². The number of hydrogen-bond donors (Lipinski definition) is 0. The van der Waals surface area contributed by atoms with Gasteiger partial charge in [0.05, 0.1) is 11.8 Å². The Labute approximate surface area is 134 Å². The van der Waals surface area contributed by atoms with Crippen LogP contribution in [0.2, 0.25) is 0 Å². The molecule has 0 saturated heterocycles. The van der Waals surface area contributed by atoms with E-state index in [-0.39, 0.29) is 11.9 Å². The summed E-state index contributed by atoms with van der Waals surface area (Å²) in [4.78, 5) is 33.7. The van der Waals surface area contributed by atoms with Crippen LogP contribution in [-0.4, -0.2) is 11.9 Å². The van der Waals surface area contributed by atoms with Crippen molar-refractivity contribution in [3.63, 3.8) is 0 Å². The van der Waals surface area contributed by atoms with Crippen LogP contribution < -0.4 is 0 Å². The first kappa shape index (κ1) is 19.0. The molecule has 0 aromatic heterocycles. The lowest BCUT2D eigenvalue weighted by Gasteiger charge is -2.39. The van der Waals surface area contributed by atoms with Gasteiger partial charge in [-0.1, -0.05) is 47.0 Å². The van der Waals surface area contributed by atoms with Crippen LogP contribution in [0.25, 0.3) is 0 Å². The average Bonchev–Trinajstić information content (AvgIpc) is 2.50. The maximum absolute atomic E-state index is 12.4. The van der Waals surface area contributed by atoms with Crippen molar-refractivity contribution in [1.82, 2.24) is 0 Å². The number of rotatable bonds is 7. The fraction of sp³-hybridized carbons (Fsp3) is 0.889. The lowest BCUT2D eigenvalue weighted by Crippen LogP contribution is -2.41. The molecule has 1 aliphatic carbocycles. The standard InChI is InChI=1S/C18H32O4/c1-5-6-7-8-9-16(19)21-22-17(20)18(14(2)3)12-10-15(4)11-13-18/h14-15H,5-13H2,1-4H3. The van der Waals surface area contributed by atoms with Gasteiger partial charge >= 0.3 is 11.9 Å². The van der Waals surface area contributed by atoms with E-state index in [4.69, 9.17) is 9.78 Å². The third kappa shape index (κ3) is 5.29. The van der Waals surface area contributed by atoms with E-state index in [1.54, 1.807) is 0 Å². The number of hydrogen-bond acceptors (Lipinski definition) is 4. The molecule has 1 aliphatic rings. The smallest absolute Gasteiger partial charge is 0.247 e. The molecular formula is C18H32O4. The maximum Gasteiger partial charge on any atom is 0.361 e. The highest BCUT2D eigenvalue weighted by Gasteiger charge is 2.46. The van der Waals surface area contributed by atoms with Crippen molar-refractivity contribution in [2.45, 2.75) is 85.5 Å². The molecule has 22 heavy (non-hydrogen) atoms. The fourth-order valence-electron chi connectivity index (χ4n) is 3.20. The number of unbranched alkanes of at least 4 members (excludes halogenated alkanes) is 3. The van der Waals surface area contributed by atoms with Gasteiger partial charge in [-0.2, -0.15) is 0 Å². The normalized spacial score (nSPS) is 25.0. The minimum absolute atomic E-state index is 0.191. The zero-order valence-electron chi connectivity index (χ0n) is 14.7. The minimum atomic E-state index is -0.491. The Morgan fingerprint density at radius 2 is 1.73 bits per heavy atom. The molecule has 0 spiro atoms. The summed E-state index contributed by atoms with van der Waals surface area (Å²) >= 11 is 0. The highest BCUT2D eigenvalue weighted by atomic mass is 17.2. The van der Waals surface area contributed by atoms with E-state index < -0.39 is 11.4 Å². The molecule has 0 radical (unpaired) electrons. The molecule has 0 N–H and O–H groups in total. The molecule has 0 unspecified atom stereocenters. The van der Waals surface area contributed by atoms with Gasteiger partial charge in [-0.25, -0.2) is 19.4 Å². The summed E-state index contributed by atoms with van der Waals surface area (Å²) < 4.78 is 0. The summed E-state index contributed by atoms with van der Waals surface area (Å²) in [6.07, 6.45) is 8.04. The highest BCUT2D eigenvalue weighted by molar-refractivity contribution is 5.78. The second-order valence-electron chi connectivity index (χ2n) is 7.13. The molecule has 0 heterocycles. The SMILES string of the molecule is CCCCCCC(=O)OOC(=O)C1(C(C)C)CCC(C)CC1. The van der Waals surface area contributed by atoms with Gasteiger partial charge in [-0.3, -0.25) is 0 Å². The van der Waals surface area contributed by atoms with Crippen molar-refractivity contribution in [2.75, 3.05) is 0 Å². The Kier molecular flexibility index (Phi) is 7.91. The topological polar surface area (TPSA) is 52.6 Å². The molecule has 0 aromatic rings. The average molecular weight is 312 g/mol. The van der Waals surface area contributed by atoms with E-state index in [1.165, 1.54) is 0 Å². The molecule has 0 amide bonds. The van der Waals surface area contributed by atoms with E-state index in [0.717, 1.165) is 51.4 Å². The van der Waals surface area contributed by atoms with Crippen LogP contribution in [0.1, 0.15) is 85.5 Å². The van der Waals surface area contributed by atoms with E-state index in [2.05, 4.69) is 13.8 Å². The van der Waals surface area contributed by atoms with Crippen LogP contribution >= 0.6 is 0 Å².